The number of aromatic nitrogens is 2. The molecule has 2 rings (SSSR count). The van der Waals surface area contributed by atoms with Crippen molar-refractivity contribution in [2.45, 2.75) is 86.2 Å². The van der Waals surface area contributed by atoms with Crippen LogP contribution in [0.15, 0.2) is 35.8 Å². The summed E-state index contributed by atoms with van der Waals surface area (Å²) in [7, 11) is 7.33. The quantitative estimate of drug-likeness (QED) is 0.222. The fourth-order valence-corrected chi connectivity index (χ4v) is 3.36. The second-order valence-electron chi connectivity index (χ2n) is 9.02. The molecule has 8 nitrogen and oxygen atoms in total. The first-order chi connectivity index (χ1) is 19.1. The molecule has 0 aliphatic rings. The van der Waals surface area contributed by atoms with Crippen molar-refractivity contribution in [3.8, 4) is 11.1 Å². The molecule has 1 aromatic heterocycles. The Morgan fingerprint density at radius 2 is 1.57 bits per heavy atom. The molecule has 1 heterocycles. The Morgan fingerprint density at radius 1 is 1.05 bits per heavy atom. The Morgan fingerprint density at radius 3 is 1.95 bits per heavy atom. The lowest BCUT2D eigenvalue weighted by Crippen LogP contribution is -2.37. The lowest BCUT2D eigenvalue weighted by Gasteiger charge is -2.24. The number of carbonyl (C=O) groups is 1. The van der Waals surface area contributed by atoms with Crippen LogP contribution >= 0.6 is 0 Å². The van der Waals surface area contributed by atoms with Crippen molar-refractivity contribution in [2.24, 2.45) is 18.5 Å². The molecule has 0 aliphatic carbocycles. The fraction of sp³-hybridized carbons (Fsp3) is 0.600. The zero-order chi connectivity index (χ0) is 31.7. The first kappa shape index (κ1) is 41.7. The largest absolute Gasteiger partial charge is 0.402 e. The molecule has 0 amide bonds. The van der Waals surface area contributed by atoms with Gasteiger partial charge >= 0.3 is 0 Å². The molecule has 7 N–H and O–H groups in total. The number of benzene rings is 1. The summed E-state index contributed by atoms with van der Waals surface area (Å²) in [5.41, 5.74) is 16.7. The van der Waals surface area contributed by atoms with E-state index in [1.165, 1.54) is 18.9 Å². The Labute approximate surface area is 242 Å². The molecule has 1 atom stereocenters. The number of nitrogens with two attached hydrogens (primary N) is 2. The molecule has 10 heteroatoms. The standard InChI is InChI=1S/C21H32F2N6.2C3H8.C2H7N.CH2O/c1-5-7-13-8-15(14-10-27-29(4)12-14)16(20(22)23)9-19(13)28-21(25)17(11-26-3)18(24)6-2;3*1-3-2;1-2/h8-10,12,20-21,26,28H,5-7,11,24-25H2,1-4H3;2*3H2,1-2H3;3H,1-2H3;1H2/b18-17-;;;;. The maximum absolute atomic E-state index is 13.9. The first-order valence-corrected chi connectivity index (χ1v) is 14.0. The second-order valence-corrected chi connectivity index (χ2v) is 9.02. The summed E-state index contributed by atoms with van der Waals surface area (Å²) in [6.45, 7) is 15.0. The van der Waals surface area contributed by atoms with Gasteiger partial charge in [-0.05, 0) is 62.8 Å². The van der Waals surface area contributed by atoms with Crippen molar-refractivity contribution in [3.05, 3.63) is 46.9 Å². The average Bonchev–Trinajstić information content (AvgIpc) is 3.36. The van der Waals surface area contributed by atoms with E-state index < -0.39 is 12.6 Å². The van der Waals surface area contributed by atoms with E-state index in [1.807, 2.05) is 40.9 Å². The minimum Gasteiger partial charge on any atom is -0.402 e. The number of nitrogens with zero attached hydrogens (tertiary/aromatic N) is 2. The van der Waals surface area contributed by atoms with Crippen LogP contribution in [0.3, 0.4) is 0 Å². The van der Waals surface area contributed by atoms with Gasteiger partial charge in [0.05, 0.1) is 12.4 Å². The molecule has 0 saturated heterocycles. The third-order valence-electron chi connectivity index (χ3n) is 4.89. The maximum Gasteiger partial charge on any atom is 0.264 e. The number of nitrogens with one attached hydrogen (secondary N) is 3. The van der Waals surface area contributed by atoms with Crippen LogP contribution in [0.4, 0.5) is 14.5 Å². The van der Waals surface area contributed by atoms with Gasteiger partial charge in [-0.2, -0.15) is 5.10 Å². The number of aryl methyl sites for hydroxylation is 2. The molecule has 0 spiro atoms. The van der Waals surface area contributed by atoms with Gasteiger partial charge in [0.1, 0.15) is 6.79 Å². The highest BCUT2D eigenvalue weighted by Crippen LogP contribution is 2.36. The lowest BCUT2D eigenvalue weighted by molar-refractivity contribution is -0.0980. The predicted octanol–water partition coefficient (Wildman–Crippen LogP) is 6.00. The van der Waals surface area contributed by atoms with Gasteiger partial charge in [0.25, 0.3) is 6.43 Å². The van der Waals surface area contributed by atoms with E-state index in [-0.39, 0.29) is 5.56 Å². The van der Waals surface area contributed by atoms with E-state index in [0.29, 0.717) is 35.5 Å². The van der Waals surface area contributed by atoms with Gasteiger partial charge in [-0.1, -0.05) is 60.8 Å². The molecule has 0 saturated carbocycles. The topological polar surface area (TPSA) is 123 Å². The van der Waals surface area contributed by atoms with Crippen molar-refractivity contribution in [2.75, 3.05) is 33.0 Å². The molecule has 40 heavy (non-hydrogen) atoms. The summed E-state index contributed by atoms with van der Waals surface area (Å²) < 4.78 is 29.4. The molecule has 0 aliphatic heterocycles. The van der Waals surface area contributed by atoms with Gasteiger partial charge in [-0.25, -0.2) is 8.78 Å². The van der Waals surface area contributed by atoms with Crippen molar-refractivity contribution in [1.82, 2.24) is 20.4 Å². The van der Waals surface area contributed by atoms with Crippen molar-refractivity contribution < 1.29 is 13.6 Å². The Hall–Kier alpha value is -2.82. The molecule has 0 bridgehead atoms. The monoisotopic (exact) mass is 569 g/mol. The van der Waals surface area contributed by atoms with Gasteiger partial charge in [0.2, 0.25) is 0 Å². The van der Waals surface area contributed by atoms with Crippen molar-refractivity contribution in [1.29, 1.82) is 0 Å². The number of anilines is 1. The summed E-state index contributed by atoms with van der Waals surface area (Å²) in [6, 6.07) is 3.33. The van der Waals surface area contributed by atoms with Crippen molar-refractivity contribution in [3.63, 3.8) is 0 Å². The molecular weight excluding hydrogens is 512 g/mol. The highest BCUT2D eigenvalue weighted by Gasteiger charge is 2.21. The van der Waals surface area contributed by atoms with Crippen LogP contribution in [0, 0.1) is 0 Å². The van der Waals surface area contributed by atoms with E-state index in [9.17, 15) is 8.78 Å². The molecular formula is C30H57F2N7O. The SMILES string of the molecule is C=O.CCC.CCC.CCCc1cc(-c2cnn(C)c2)c(C(F)F)cc1NC(N)/C(CNC)=C(\N)CC.CNC. The number of hydrogen-bond acceptors (Lipinski definition) is 7. The molecule has 0 fully saturated rings. The van der Waals surface area contributed by atoms with Crippen LogP contribution in [0.1, 0.15) is 84.8 Å². The highest BCUT2D eigenvalue weighted by molar-refractivity contribution is 5.72. The van der Waals surface area contributed by atoms with Gasteiger partial charge in [0.15, 0.2) is 0 Å². The van der Waals surface area contributed by atoms with Crippen molar-refractivity contribution >= 4 is 12.5 Å². The lowest BCUT2D eigenvalue weighted by atomic mass is 9.95. The van der Waals surface area contributed by atoms with E-state index in [1.54, 1.807) is 24.1 Å². The van der Waals surface area contributed by atoms with Crippen LogP contribution in [0.5, 0.6) is 0 Å². The van der Waals surface area contributed by atoms with E-state index in [0.717, 1.165) is 24.0 Å². The number of alkyl halides is 2. The van der Waals surface area contributed by atoms with Crippen LogP contribution in [-0.4, -0.2) is 50.4 Å². The molecule has 2 aromatic rings. The molecule has 1 aromatic carbocycles. The highest BCUT2D eigenvalue weighted by atomic mass is 19.3. The zero-order valence-electron chi connectivity index (χ0n) is 26.6. The fourth-order valence-electron chi connectivity index (χ4n) is 3.36. The molecule has 232 valence electrons. The minimum atomic E-state index is -2.62. The summed E-state index contributed by atoms with van der Waals surface area (Å²) in [5.74, 6) is 0. The number of likely N-dealkylation sites (N-methyl/N-ethyl adjacent to an activating group) is 1. The van der Waals surface area contributed by atoms with E-state index >= 15 is 0 Å². The second kappa shape index (κ2) is 26.4. The Balaban J connectivity index is -0.00000108. The summed E-state index contributed by atoms with van der Waals surface area (Å²) >= 11 is 0. The summed E-state index contributed by atoms with van der Waals surface area (Å²) in [5, 5.41) is 13.2. The summed E-state index contributed by atoms with van der Waals surface area (Å²) in [4.78, 5) is 8.00. The van der Waals surface area contributed by atoms with Crippen LogP contribution in [0.25, 0.3) is 11.1 Å². The minimum absolute atomic E-state index is 0.0461. The van der Waals surface area contributed by atoms with Gasteiger partial charge in [-0.15, -0.1) is 0 Å². The zero-order valence-corrected chi connectivity index (χ0v) is 26.6. The maximum atomic E-state index is 13.9. The number of allylic oxidation sites excluding steroid dienone is 1. The average molecular weight is 570 g/mol. The smallest absolute Gasteiger partial charge is 0.264 e. The van der Waals surface area contributed by atoms with Crippen LogP contribution in [-0.2, 0) is 18.3 Å². The number of hydrogen-bond donors (Lipinski definition) is 5. The molecule has 0 radical (unpaired) electrons. The Kier molecular flexibility index (Phi) is 27.5. The number of halogens is 2. The Bertz CT molecular complexity index is 913. The normalized spacial score (nSPS) is 11.2. The number of carbonyl (C=O) groups excluding carboxylic acids is 1. The van der Waals surface area contributed by atoms with E-state index in [2.05, 4.69) is 55.7 Å². The molecule has 1 unspecified atom stereocenters. The number of rotatable bonds is 10. The van der Waals surface area contributed by atoms with E-state index in [4.69, 9.17) is 16.3 Å². The van der Waals surface area contributed by atoms with Gasteiger partial charge in [0, 0.05) is 42.3 Å². The summed E-state index contributed by atoms with van der Waals surface area (Å²) in [6.07, 6.45) is 4.92. The first-order valence-electron chi connectivity index (χ1n) is 14.0. The van der Waals surface area contributed by atoms with Gasteiger partial charge < -0.3 is 32.2 Å². The van der Waals surface area contributed by atoms with Crippen LogP contribution in [0.2, 0.25) is 0 Å². The third kappa shape index (κ3) is 16.3. The predicted molar refractivity (Wildman–Crippen MR) is 169 cm³/mol. The van der Waals surface area contributed by atoms with Gasteiger partial charge in [-0.3, -0.25) is 4.68 Å². The van der Waals surface area contributed by atoms with Crippen LogP contribution < -0.4 is 27.4 Å². The third-order valence-corrected chi connectivity index (χ3v) is 4.89.